The molecule has 0 aliphatic carbocycles. The molecule has 196 valence electrons. The minimum atomic E-state index is -0.908. The molecule has 2 aliphatic rings. The van der Waals surface area contributed by atoms with Crippen molar-refractivity contribution in [3.63, 3.8) is 0 Å². The minimum absolute atomic E-state index is 0.0292. The Morgan fingerprint density at radius 3 is 2.34 bits per heavy atom. The van der Waals surface area contributed by atoms with Crippen LogP contribution in [0.15, 0.2) is 60.2 Å². The van der Waals surface area contributed by atoms with Gasteiger partial charge in [-0.1, -0.05) is 12.1 Å². The summed E-state index contributed by atoms with van der Waals surface area (Å²) in [5, 5.41) is 11.5. The monoisotopic (exact) mass is 515 g/mol. The van der Waals surface area contributed by atoms with E-state index in [4.69, 9.17) is 18.9 Å². The van der Waals surface area contributed by atoms with Crippen molar-refractivity contribution >= 4 is 23.1 Å². The zero-order valence-electron chi connectivity index (χ0n) is 21.7. The smallest absolute Gasteiger partial charge is 0.300 e. The number of ether oxygens (including phenoxy) is 4. The number of aryl methyl sites for hydroxylation is 2. The van der Waals surface area contributed by atoms with Crippen LogP contribution in [0.1, 0.15) is 35.2 Å². The van der Waals surface area contributed by atoms with Crippen molar-refractivity contribution < 1.29 is 33.6 Å². The maximum atomic E-state index is 13.6. The Morgan fingerprint density at radius 1 is 0.947 bits per heavy atom. The number of anilines is 1. The predicted octanol–water partition coefficient (Wildman–Crippen LogP) is 5.11. The lowest BCUT2D eigenvalue weighted by molar-refractivity contribution is -0.132. The van der Waals surface area contributed by atoms with Crippen molar-refractivity contribution in [2.24, 2.45) is 0 Å². The van der Waals surface area contributed by atoms with Gasteiger partial charge in [0, 0.05) is 11.3 Å². The van der Waals surface area contributed by atoms with E-state index in [0.29, 0.717) is 59.6 Å². The third-order valence-corrected chi connectivity index (χ3v) is 6.55. The average molecular weight is 516 g/mol. The predicted molar refractivity (Wildman–Crippen MR) is 142 cm³/mol. The third kappa shape index (κ3) is 4.42. The van der Waals surface area contributed by atoms with Crippen LogP contribution in [0.2, 0.25) is 0 Å². The number of carbonyl (C=O) groups excluding carboxylic acids is 2. The number of aliphatic hydroxyl groups excluding tert-OH is 1. The highest BCUT2D eigenvalue weighted by molar-refractivity contribution is 6.51. The molecule has 1 unspecified atom stereocenters. The van der Waals surface area contributed by atoms with Gasteiger partial charge in [0.2, 0.25) is 0 Å². The first-order valence-corrected chi connectivity index (χ1v) is 12.4. The van der Waals surface area contributed by atoms with E-state index >= 15 is 0 Å². The summed E-state index contributed by atoms with van der Waals surface area (Å²) in [5.74, 6) is 0.192. The summed E-state index contributed by atoms with van der Waals surface area (Å²) in [4.78, 5) is 28.5. The lowest BCUT2D eigenvalue weighted by atomic mass is 9.94. The van der Waals surface area contributed by atoms with Crippen LogP contribution in [0.4, 0.5) is 5.69 Å². The lowest BCUT2D eigenvalue weighted by Crippen LogP contribution is -2.29. The molecule has 8 heteroatoms. The largest absolute Gasteiger partial charge is 0.507 e. The van der Waals surface area contributed by atoms with Crippen molar-refractivity contribution in [1.29, 1.82) is 0 Å². The Bertz CT molecular complexity index is 1440. The number of Topliss-reactive ketones (excluding diaryl/α,β-unsaturated/α-hetero) is 1. The van der Waals surface area contributed by atoms with Gasteiger partial charge in [0.25, 0.3) is 11.7 Å². The van der Waals surface area contributed by atoms with Gasteiger partial charge in [-0.15, -0.1) is 0 Å². The summed E-state index contributed by atoms with van der Waals surface area (Å²) < 4.78 is 22.5. The van der Waals surface area contributed by atoms with Crippen molar-refractivity contribution in [2.45, 2.75) is 26.8 Å². The molecule has 8 nitrogen and oxygen atoms in total. The second-order valence-electron chi connectivity index (χ2n) is 9.22. The molecular formula is C30H29NO7. The van der Waals surface area contributed by atoms with Crippen LogP contribution >= 0.6 is 0 Å². The molecule has 0 radical (unpaired) electrons. The number of ketones is 1. The summed E-state index contributed by atoms with van der Waals surface area (Å²) in [7, 11) is 1.54. The van der Waals surface area contributed by atoms with Crippen molar-refractivity contribution in [3.8, 4) is 23.0 Å². The highest BCUT2D eigenvalue weighted by atomic mass is 16.6. The molecule has 0 bridgehead atoms. The SMILES string of the molecule is CCOc1cc(C2/C(=C(\O)c3ccc4c(c3)OCCO4)C(=O)C(=O)N2c2cc(C)cc(C)c2)ccc1OC. The molecule has 1 atom stereocenters. The molecule has 0 saturated carbocycles. The zero-order valence-corrected chi connectivity index (χ0v) is 21.7. The first-order chi connectivity index (χ1) is 18.3. The number of rotatable bonds is 6. The molecule has 38 heavy (non-hydrogen) atoms. The second kappa shape index (κ2) is 10.1. The van der Waals surface area contributed by atoms with Crippen LogP contribution in [0.5, 0.6) is 23.0 Å². The van der Waals surface area contributed by atoms with E-state index in [1.165, 1.54) is 4.90 Å². The van der Waals surface area contributed by atoms with Crippen molar-refractivity contribution in [2.75, 3.05) is 31.8 Å². The van der Waals surface area contributed by atoms with Gasteiger partial charge in [0.05, 0.1) is 25.3 Å². The molecular weight excluding hydrogens is 486 g/mol. The Kier molecular flexibility index (Phi) is 6.72. The minimum Gasteiger partial charge on any atom is -0.507 e. The first kappa shape index (κ1) is 25.2. The number of hydrogen-bond acceptors (Lipinski definition) is 7. The number of benzene rings is 3. The standard InChI is InChI=1S/C30H29NO7/c1-5-36-24-15-19(6-8-22(24)35-4)27-26(28(32)20-7-9-23-25(16-20)38-11-10-37-23)29(33)30(34)31(27)21-13-17(2)12-18(3)14-21/h6-9,12-16,27,32H,5,10-11H2,1-4H3/b28-26+. The van der Waals surface area contributed by atoms with Crippen LogP contribution in [0.3, 0.4) is 0 Å². The maximum absolute atomic E-state index is 13.6. The van der Waals surface area contributed by atoms with Gasteiger partial charge in [-0.2, -0.15) is 0 Å². The number of amides is 1. The number of fused-ring (bicyclic) bond motifs is 1. The summed E-state index contributed by atoms with van der Waals surface area (Å²) in [6.45, 7) is 6.92. The second-order valence-corrected chi connectivity index (χ2v) is 9.22. The Hall–Kier alpha value is -4.46. The van der Waals surface area contributed by atoms with Crippen LogP contribution in [-0.2, 0) is 9.59 Å². The van der Waals surface area contributed by atoms with E-state index in [-0.39, 0.29) is 11.3 Å². The quantitative estimate of drug-likeness (QED) is 0.277. The van der Waals surface area contributed by atoms with Crippen molar-refractivity contribution in [1.82, 2.24) is 0 Å². The molecule has 0 spiro atoms. The molecule has 3 aromatic rings. The molecule has 2 aliphatic heterocycles. The normalized spacial score (nSPS) is 18.0. The van der Waals surface area contributed by atoms with E-state index < -0.39 is 17.7 Å². The Labute approximate surface area is 221 Å². The van der Waals surface area contributed by atoms with Gasteiger partial charge >= 0.3 is 0 Å². The number of nitrogens with zero attached hydrogens (tertiary/aromatic N) is 1. The van der Waals surface area contributed by atoms with E-state index in [1.54, 1.807) is 43.5 Å². The molecule has 1 N–H and O–H groups in total. The molecule has 1 fully saturated rings. The van der Waals surface area contributed by atoms with E-state index in [2.05, 4.69) is 0 Å². The van der Waals surface area contributed by atoms with Crippen molar-refractivity contribution in [3.05, 3.63) is 82.4 Å². The van der Waals surface area contributed by atoms with E-state index in [0.717, 1.165) is 11.1 Å². The van der Waals surface area contributed by atoms with E-state index in [1.807, 2.05) is 39.0 Å². The van der Waals surface area contributed by atoms with Gasteiger partial charge in [0.1, 0.15) is 19.0 Å². The van der Waals surface area contributed by atoms with Crippen LogP contribution in [-0.4, -0.2) is 43.7 Å². The zero-order chi connectivity index (χ0) is 27.0. The average Bonchev–Trinajstić information content (AvgIpc) is 3.17. The summed E-state index contributed by atoms with van der Waals surface area (Å²) in [6, 6.07) is 15.0. The van der Waals surface area contributed by atoms with Crippen LogP contribution in [0.25, 0.3) is 5.76 Å². The van der Waals surface area contributed by atoms with E-state index in [9.17, 15) is 14.7 Å². The number of hydrogen-bond donors (Lipinski definition) is 1. The fourth-order valence-electron chi connectivity index (χ4n) is 4.98. The number of aliphatic hydroxyl groups is 1. The molecule has 3 aromatic carbocycles. The highest BCUT2D eigenvalue weighted by Crippen LogP contribution is 2.45. The fourth-order valence-corrected chi connectivity index (χ4v) is 4.98. The van der Waals surface area contributed by atoms with Gasteiger partial charge in [-0.05, 0) is 79.9 Å². The Balaban J connectivity index is 1.73. The van der Waals surface area contributed by atoms with Gasteiger partial charge in [-0.25, -0.2) is 0 Å². The molecule has 1 saturated heterocycles. The third-order valence-electron chi connectivity index (χ3n) is 6.55. The van der Waals surface area contributed by atoms with Crippen LogP contribution < -0.4 is 23.8 Å². The van der Waals surface area contributed by atoms with Gasteiger partial charge in [0.15, 0.2) is 23.0 Å². The molecule has 0 aromatic heterocycles. The molecule has 5 rings (SSSR count). The summed E-state index contributed by atoms with van der Waals surface area (Å²) in [5.41, 5.74) is 3.35. The molecule has 1 amide bonds. The number of carbonyl (C=O) groups is 2. The maximum Gasteiger partial charge on any atom is 0.300 e. The molecule has 2 heterocycles. The van der Waals surface area contributed by atoms with Gasteiger partial charge < -0.3 is 24.1 Å². The first-order valence-electron chi connectivity index (χ1n) is 12.4. The summed E-state index contributed by atoms with van der Waals surface area (Å²) in [6.07, 6.45) is 0. The lowest BCUT2D eigenvalue weighted by Gasteiger charge is -2.27. The number of methoxy groups -OCH3 is 1. The Morgan fingerprint density at radius 2 is 1.66 bits per heavy atom. The fraction of sp³-hybridized carbons (Fsp3) is 0.267. The topological polar surface area (TPSA) is 94.5 Å². The van der Waals surface area contributed by atoms with Gasteiger partial charge in [-0.3, -0.25) is 14.5 Å². The van der Waals surface area contributed by atoms with Crippen LogP contribution in [0, 0.1) is 13.8 Å². The highest BCUT2D eigenvalue weighted by Gasteiger charge is 2.47. The summed E-state index contributed by atoms with van der Waals surface area (Å²) >= 11 is 0.